The molecular formula is C11H12N2O4. The van der Waals surface area contributed by atoms with Crippen LogP contribution in [-0.2, 0) is 16.0 Å². The van der Waals surface area contributed by atoms with Crippen molar-refractivity contribution in [1.29, 1.82) is 0 Å². The van der Waals surface area contributed by atoms with E-state index in [-0.39, 0.29) is 0 Å². The SMILES string of the molecule is COC(=O)C1Cc2ccccc2C([N+](=O)[O-])N1. The Morgan fingerprint density at radius 3 is 2.88 bits per heavy atom. The Kier molecular flexibility index (Phi) is 3.06. The number of carbonyl (C=O) groups excluding carboxylic acids is 1. The molecule has 0 spiro atoms. The van der Waals surface area contributed by atoms with Gasteiger partial charge in [0.25, 0.3) is 6.17 Å². The summed E-state index contributed by atoms with van der Waals surface area (Å²) < 4.78 is 4.61. The van der Waals surface area contributed by atoms with Gasteiger partial charge in [0.2, 0.25) is 0 Å². The van der Waals surface area contributed by atoms with Crippen molar-refractivity contribution in [2.24, 2.45) is 0 Å². The van der Waals surface area contributed by atoms with Gasteiger partial charge in [0.1, 0.15) is 6.04 Å². The number of methoxy groups -OCH3 is 1. The lowest BCUT2D eigenvalue weighted by atomic mass is 9.94. The predicted molar refractivity (Wildman–Crippen MR) is 58.8 cm³/mol. The molecule has 2 rings (SSSR count). The highest BCUT2D eigenvalue weighted by Crippen LogP contribution is 2.25. The highest BCUT2D eigenvalue weighted by molar-refractivity contribution is 5.76. The normalized spacial score (nSPS) is 22.6. The second-order valence-corrected chi connectivity index (χ2v) is 3.83. The Bertz CT molecular complexity index is 461. The summed E-state index contributed by atoms with van der Waals surface area (Å²) in [5, 5.41) is 13.7. The second kappa shape index (κ2) is 4.50. The lowest BCUT2D eigenvalue weighted by Gasteiger charge is -2.26. The van der Waals surface area contributed by atoms with E-state index in [2.05, 4.69) is 10.1 Å². The number of nitrogens with zero attached hydrogens (tertiary/aromatic N) is 1. The minimum Gasteiger partial charge on any atom is -0.468 e. The first-order valence-electron chi connectivity index (χ1n) is 5.18. The Hall–Kier alpha value is -1.95. The zero-order valence-electron chi connectivity index (χ0n) is 9.25. The van der Waals surface area contributed by atoms with Gasteiger partial charge in [-0.2, -0.15) is 0 Å². The van der Waals surface area contributed by atoms with E-state index in [9.17, 15) is 14.9 Å². The fraction of sp³-hybridized carbons (Fsp3) is 0.364. The molecule has 0 bridgehead atoms. The van der Waals surface area contributed by atoms with Crippen molar-refractivity contribution >= 4 is 5.97 Å². The molecule has 90 valence electrons. The van der Waals surface area contributed by atoms with Gasteiger partial charge in [-0.1, -0.05) is 24.3 Å². The maximum absolute atomic E-state index is 11.4. The van der Waals surface area contributed by atoms with Gasteiger partial charge in [-0.05, 0) is 12.0 Å². The number of hydrogen-bond donors (Lipinski definition) is 1. The molecule has 0 saturated heterocycles. The van der Waals surface area contributed by atoms with E-state index >= 15 is 0 Å². The lowest BCUT2D eigenvalue weighted by Crippen LogP contribution is -2.47. The second-order valence-electron chi connectivity index (χ2n) is 3.83. The van der Waals surface area contributed by atoms with Gasteiger partial charge in [-0.15, -0.1) is 0 Å². The van der Waals surface area contributed by atoms with Gasteiger partial charge in [-0.3, -0.25) is 14.9 Å². The van der Waals surface area contributed by atoms with Gasteiger partial charge in [0.15, 0.2) is 0 Å². The zero-order valence-corrected chi connectivity index (χ0v) is 9.25. The van der Waals surface area contributed by atoms with E-state index in [1.165, 1.54) is 7.11 Å². The number of nitrogens with one attached hydrogen (secondary N) is 1. The largest absolute Gasteiger partial charge is 0.468 e. The molecule has 1 aliphatic rings. The van der Waals surface area contributed by atoms with Crippen LogP contribution >= 0.6 is 0 Å². The first kappa shape index (κ1) is 11.5. The van der Waals surface area contributed by atoms with Crippen LogP contribution in [0.1, 0.15) is 17.3 Å². The van der Waals surface area contributed by atoms with E-state index < -0.39 is 23.1 Å². The molecule has 1 aromatic rings. The molecule has 0 aromatic heterocycles. The third kappa shape index (κ3) is 2.12. The van der Waals surface area contributed by atoms with Gasteiger partial charge in [0.05, 0.1) is 7.11 Å². The summed E-state index contributed by atoms with van der Waals surface area (Å²) in [4.78, 5) is 22.0. The van der Waals surface area contributed by atoms with E-state index in [1.54, 1.807) is 24.3 Å². The van der Waals surface area contributed by atoms with Crippen molar-refractivity contribution in [2.45, 2.75) is 18.6 Å². The number of hydrogen-bond acceptors (Lipinski definition) is 5. The van der Waals surface area contributed by atoms with Crippen LogP contribution in [0, 0.1) is 10.1 Å². The summed E-state index contributed by atoms with van der Waals surface area (Å²) in [5.74, 6) is -0.480. The van der Waals surface area contributed by atoms with Crippen LogP contribution in [0.4, 0.5) is 0 Å². The maximum atomic E-state index is 11.4. The van der Waals surface area contributed by atoms with Crippen LogP contribution in [0.25, 0.3) is 0 Å². The molecule has 1 N–H and O–H groups in total. The summed E-state index contributed by atoms with van der Waals surface area (Å²) in [5.41, 5.74) is 1.42. The summed E-state index contributed by atoms with van der Waals surface area (Å²) in [6.45, 7) is 0. The van der Waals surface area contributed by atoms with Crippen LogP contribution in [0.2, 0.25) is 0 Å². The average Bonchev–Trinajstić information content (AvgIpc) is 2.36. The molecule has 0 saturated carbocycles. The molecule has 1 heterocycles. The molecule has 2 atom stereocenters. The molecule has 6 heteroatoms. The van der Waals surface area contributed by atoms with Crippen molar-refractivity contribution in [1.82, 2.24) is 5.32 Å². The predicted octanol–water partition coefficient (Wildman–Crippen LogP) is 0.649. The highest BCUT2D eigenvalue weighted by atomic mass is 16.6. The van der Waals surface area contributed by atoms with Gasteiger partial charge >= 0.3 is 5.97 Å². The first-order chi connectivity index (χ1) is 8.13. The minimum atomic E-state index is -1.05. The summed E-state index contributed by atoms with van der Waals surface area (Å²) in [6.07, 6.45) is -0.642. The van der Waals surface area contributed by atoms with Crippen molar-refractivity contribution in [3.63, 3.8) is 0 Å². The van der Waals surface area contributed by atoms with E-state index in [0.717, 1.165) is 5.56 Å². The molecule has 17 heavy (non-hydrogen) atoms. The zero-order chi connectivity index (χ0) is 12.4. The fourth-order valence-electron chi connectivity index (χ4n) is 2.01. The van der Waals surface area contributed by atoms with Crippen molar-refractivity contribution in [2.75, 3.05) is 7.11 Å². The third-order valence-corrected chi connectivity index (χ3v) is 2.83. The van der Waals surface area contributed by atoms with Crippen molar-refractivity contribution in [3.8, 4) is 0 Å². The standard InChI is InChI=1S/C11H12N2O4/c1-17-11(14)9-6-7-4-2-3-5-8(7)10(12-9)13(15)16/h2-5,9-10,12H,6H2,1H3. The quantitative estimate of drug-likeness (QED) is 0.463. The molecule has 6 nitrogen and oxygen atoms in total. The highest BCUT2D eigenvalue weighted by Gasteiger charge is 2.36. The summed E-state index contributed by atoms with van der Waals surface area (Å²) in [6, 6.07) is 6.38. The van der Waals surface area contributed by atoms with Crippen LogP contribution in [-0.4, -0.2) is 24.0 Å². The fourth-order valence-corrected chi connectivity index (χ4v) is 2.01. The molecule has 1 aromatic carbocycles. The Labute approximate surface area is 97.7 Å². The molecule has 0 fully saturated rings. The smallest absolute Gasteiger partial charge is 0.323 e. The number of nitro groups is 1. The summed E-state index contributed by atoms with van der Waals surface area (Å²) in [7, 11) is 1.27. The van der Waals surface area contributed by atoms with Crippen LogP contribution in [0.5, 0.6) is 0 Å². The molecule has 0 aliphatic carbocycles. The molecule has 0 amide bonds. The van der Waals surface area contributed by atoms with Crippen LogP contribution in [0.3, 0.4) is 0 Å². The van der Waals surface area contributed by atoms with Crippen molar-refractivity contribution < 1.29 is 14.5 Å². The first-order valence-corrected chi connectivity index (χ1v) is 5.18. The topological polar surface area (TPSA) is 81.5 Å². The summed E-state index contributed by atoms with van der Waals surface area (Å²) >= 11 is 0. The van der Waals surface area contributed by atoms with Gasteiger partial charge in [-0.25, -0.2) is 5.32 Å². The van der Waals surface area contributed by atoms with Crippen LogP contribution < -0.4 is 5.32 Å². The average molecular weight is 236 g/mol. The van der Waals surface area contributed by atoms with Crippen molar-refractivity contribution in [3.05, 3.63) is 45.5 Å². The number of esters is 1. The Morgan fingerprint density at radius 1 is 1.53 bits per heavy atom. The van der Waals surface area contributed by atoms with E-state index in [1.807, 2.05) is 0 Å². The molecule has 0 radical (unpaired) electrons. The third-order valence-electron chi connectivity index (χ3n) is 2.83. The minimum absolute atomic E-state index is 0.410. The lowest BCUT2D eigenvalue weighted by molar-refractivity contribution is -0.538. The van der Waals surface area contributed by atoms with Crippen LogP contribution in [0.15, 0.2) is 24.3 Å². The molecular weight excluding hydrogens is 224 g/mol. The maximum Gasteiger partial charge on any atom is 0.323 e. The van der Waals surface area contributed by atoms with Gasteiger partial charge < -0.3 is 4.74 Å². The Balaban J connectivity index is 2.36. The number of benzene rings is 1. The monoisotopic (exact) mass is 236 g/mol. The Morgan fingerprint density at radius 2 is 2.24 bits per heavy atom. The number of ether oxygens (including phenoxy) is 1. The van der Waals surface area contributed by atoms with Gasteiger partial charge in [0, 0.05) is 10.5 Å². The van der Waals surface area contributed by atoms with E-state index in [4.69, 9.17) is 0 Å². The number of rotatable bonds is 2. The molecule has 1 aliphatic heterocycles. The number of carbonyl (C=O) groups is 1. The molecule has 2 unspecified atom stereocenters. The number of fused-ring (bicyclic) bond motifs is 1. The van der Waals surface area contributed by atoms with E-state index in [0.29, 0.717) is 12.0 Å².